The van der Waals surface area contributed by atoms with Crippen LogP contribution < -0.4 is 0 Å². The largest absolute Gasteiger partial charge is 0.471 e. The van der Waals surface area contributed by atoms with E-state index in [1.807, 2.05) is 0 Å². The fourth-order valence-corrected chi connectivity index (χ4v) is 0.914. The van der Waals surface area contributed by atoms with E-state index in [2.05, 4.69) is 0 Å². The summed E-state index contributed by atoms with van der Waals surface area (Å²) < 4.78 is 41.2. The molecule has 100 valence electrons. The number of amides is 1. The molecule has 0 saturated heterocycles. The second-order valence-electron chi connectivity index (χ2n) is 3.75. The highest BCUT2D eigenvalue weighted by Gasteiger charge is 2.43. The van der Waals surface area contributed by atoms with Crippen molar-refractivity contribution < 1.29 is 27.5 Å². The highest BCUT2D eigenvalue weighted by molar-refractivity contribution is 5.87. The molecule has 4 nitrogen and oxygen atoms in total. The summed E-state index contributed by atoms with van der Waals surface area (Å²) in [5.74, 6) is -2.91. The first-order valence-corrected chi connectivity index (χ1v) is 5.15. The molecule has 2 atom stereocenters. The maximum absolute atomic E-state index is 12.1. The van der Waals surface area contributed by atoms with Crippen molar-refractivity contribution in [2.24, 2.45) is 0 Å². The van der Waals surface area contributed by atoms with Gasteiger partial charge in [0.25, 0.3) is 0 Å². The number of carbonyl (C=O) groups is 2. The lowest BCUT2D eigenvalue weighted by Gasteiger charge is -2.25. The highest BCUT2D eigenvalue weighted by atomic mass is 19.4. The summed E-state index contributed by atoms with van der Waals surface area (Å²) in [4.78, 5) is 22.6. The van der Waals surface area contributed by atoms with Crippen LogP contribution in [0.25, 0.3) is 0 Å². The Hall–Kier alpha value is -1.27. The molecular formula is C10H16F3NO3. The summed E-state index contributed by atoms with van der Waals surface area (Å²) in [6, 6.07) is -1.27. The van der Waals surface area contributed by atoms with E-state index in [4.69, 9.17) is 4.74 Å². The molecule has 0 spiro atoms. The number of hydrogen-bond acceptors (Lipinski definition) is 3. The van der Waals surface area contributed by atoms with E-state index in [0.29, 0.717) is 11.3 Å². The van der Waals surface area contributed by atoms with Gasteiger partial charge >= 0.3 is 18.1 Å². The van der Waals surface area contributed by atoms with Crippen LogP contribution in [0.4, 0.5) is 13.2 Å². The average molecular weight is 255 g/mol. The number of ether oxygens (including phenoxy) is 1. The van der Waals surface area contributed by atoms with Crippen LogP contribution in [0.15, 0.2) is 0 Å². The van der Waals surface area contributed by atoms with Gasteiger partial charge in [0.1, 0.15) is 6.04 Å². The molecule has 0 saturated carbocycles. The third kappa shape index (κ3) is 4.62. The van der Waals surface area contributed by atoms with Crippen molar-refractivity contribution in [2.45, 2.75) is 45.5 Å². The van der Waals surface area contributed by atoms with Crippen LogP contribution in [0, 0.1) is 0 Å². The Morgan fingerprint density at radius 3 is 2.12 bits per heavy atom. The molecule has 1 unspecified atom stereocenters. The highest BCUT2D eigenvalue weighted by Crippen LogP contribution is 2.19. The maximum Gasteiger partial charge on any atom is 0.471 e. The van der Waals surface area contributed by atoms with Gasteiger partial charge in [0.15, 0.2) is 0 Å². The maximum atomic E-state index is 12.1. The van der Waals surface area contributed by atoms with Crippen LogP contribution >= 0.6 is 0 Å². The average Bonchev–Trinajstić information content (AvgIpc) is 2.24. The Morgan fingerprint density at radius 2 is 1.76 bits per heavy atom. The number of halogens is 3. The van der Waals surface area contributed by atoms with Gasteiger partial charge < -0.3 is 9.64 Å². The summed E-state index contributed by atoms with van der Waals surface area (Å²) in [6.45, 7) is 4.58. The van der Waals surface area contributed by atoms with Gasteiger partial charge in [0, 0.05) is 7.05 Å². The first kappa shape index (κ1) is 15.7. The van der Waals surface area contributed by atoms with E-state index in [9.17, 15) is 22.8 Å². The van der Waals surface area contributed by atoms with E-state index < -0.39 is 24.1 Å². The lowest BCUT2D eigenvalue weighted by atomic mass is 10.2. The normalized spacial score (nSPS) is 15.0. The fraction of sp³-hybridized carbons (Fsp3) is 0.800. The van der Waals surface area contributed by atoms with Crippen molar-refractivity contribution in [1.82, 2.24) is 4.90 Å². The summed E-state index contributed by atoms with van der Waals surface area (Å²) in [5.41, 5.74) is 0. The van der Waals surface area contributed by atoms with Gasteiger partial charge in [0.2, 0.25) is 0 Å². The zero-order valence-electron chi connectivity index (χ0n) is 10.2. The second-order valence-corrected chi connectivity index (χ2v) is 3.75. The van der Waals surface area contributed by atoms with Gasteiger partial charge in [-0.2, -0.15) is 13.2 Å². The summed E-state index contributed by atoms with van der Waals surface area (Å²) >= 11 is 0. The number of nitrogens with zero attached hydrogens (tertiary/aromatic N) is 1. The molecular weight excluding hydrogens is 239 g/mol. The van der Waals surface area contributed by atoms with Crippen LogP contribution in [0.2, 0.25) is 0 Å². The zero-order valence-corrected chi connectivity index (χ0v) is 10.2. The molecule has 0 aromatic heterocycles. The smallest absolute Gasteiger partial charge is 0.461 e. The number of rotatable bonds is 4. The minimum atomic E-state index is -4.99. The summed E-state index contributed by atoms with van der Waals surface area (Å²) in [5, 5.41) is 0. The lowest BCUT2D eigenvalue weighted by molar-refractivity contribution is -0.188. The molecule has 0 aromatic carbocycles. The van der Waals surface area contributed by atoms with Gasteiger partial charge in [0.05, 0.1) is 6.10 Å². The van der Waals surface area contributed by atoms with Crippen LogP contribution in [-0.2, 0) is 14.3 Å². The number of carbonyl (C=O) groups excluding carboxylic acids is 2. The van der Waals surface area contributed by atoms with Crippen LogP contribution in [0.1, 0.15) is 27.2 Å². The second kappa shape index (κ2) is 5.88. The van der Waals surface area contributed by atoms with Crippen molar-refractivity contribution in [3.05, 3.63) is 0 Å². The Kier molecular flexibility index (Phi) is 5.44. The molecule has 0 heterocycles. The zero-order chi connectivity index (χ0) is 13.8. The molecule has 0 aliphatic carbocycles. The van der Waals surface area contributed by atoms with Crippen molar-refractivity contribution in [2.75, 3.05) is 7.05 Å². The predicted molar refractivity (Wildman–Crippen MR) is 54.1 cm³/mol. The molecule has 17 heavy (non-hydrogen) atoms. The third-order valence-electron chi connectivity index (χ3n) is 2.38. The van der Waals surface area contributed by atoms with E-state index in [0.717, 1.165) is 7.05 Å². The molecule has 0 N–H and O–H groups in total. The SMILES string of the molecule is CCC(C)OC(=O)[C@H](C)N(C)C(=O)C(F)(F)F. The van der Waals surface area contributed by atoms with E-state index in [1.165, 1.54) is 6.92 Å². The van der Waals surface area contributed by atoms with Gasteiger partial charge in [-0.3, -0.25) is 4.79 Å². The minimum absolute atomic E-state index is 0.324. The van der Waals surface area contributed by atoms with Gasteiger partial charge in [-0.1, -0.05) is 6.92 Å². The molecule has 0 aliphatic rings. The van der Waals surface area contributed by atoms with E-state index in [-0.39, 0.29) is 6.10 Å². The Balaban J connectivity index is 4.55. The van der Waals surface area contributed by atoms with Gasteiger partial charge in [-0.15, -0.1) is 0 Å². The van der Waals surface area contributed by atoms with Crippen LogP contribution in [0.5, 0.6) is 0 Å². The summed E-state index contributed by atoms with van der Waals surface area (Å²) in [7, 11) is 0.915. The molecule has 0 fully saturated rings. The summed E-state index contributed by atoms with van der Waals surface area (Å²) in [6.07, 6.45) is -4.82. The van der Waals surface area contributed by atoms with Crippen molar-refractivity contribution >= 4 is 11.9 Å². The number of hydrogen-bond donors (Lipinski definition) is 0. The topological polar surface area (TPSA) is 46.6 Å². The number of alkyl halides is 3. The minimum Gasteiger partial charge on any atom is -0.461 e. The van der Waals surface area contributed by atoms with Crippen molar-refractivity contribution in [1.29, 1.82) is 0 Å². The van der Waals surface area contributed by atoms with Gasteiger partial charge in [-0.05, 0) is 20.3 Å². The molecule has 1 amide bonds. The monoisotopic (exact) mass is 255 g/mol. The first-order chi connectivity index (χ1) is 7.61. The molecule has 0 aromatic rings. The van der Waals surface area contributed by atoms with Crippen molar-refractivity contribution in [3.8, 4) is 0 Å². The van der Waals surface area contributed by atoms with Crippen molar-refractivity contribution in [3.63, 3.8) is 0 Å². The first-order valence-electron chi connectivity index (χ1n) is 5.15. The molecule has 0 radical (unpaired) electrons. The third-order valence-corrected chi connectivity index (χ3v) is 2.38. The Morgan fingerprint density at radius 1 is 1.29 bits per heavy atom. The lowest BCUT2D eigenvalue weighted by Crippen LogP contribution is -2.47. The van der Waals surface area contributed by atoms with Gasteiger partial charge in [-0.25, -0.2) is 4.79 Å². The van der Waals surface area contributed by atoms with E-state index >= 15 is 0 Å². The fourth-order valence-electron chi connectivity index (χ4n) is 0.914. The Labute approximate surface area is 97.7 Å². The number of esters is 1. The van der Waals surface area contributed by atoms with Crippen LogP contribution in [-0.4, -0.2) is 42.1 Å². The van der Waals surface area contributed by atoms with E-state index in [1.54, 1.807) is 13.8 Å². The quantitative estimate of drug-likeness (QED) is 0.719. The standard InChI is InChI=1S/C10H16F3NO3/c1-5-6(2)17-8(15)7(3)14(4)9(16)10(11,12)13/h6-7H,5H2,1-4H3/t6?,7-/m0/s1. The number of likely N-dealkylation sites (N-methyl/N-ethyl adjacent to an activating group) is 1. The van der Waals surface area contributed by atoms with Crippen LogP contribution in [0.3, 0.4) is 0 Å². The Bertz CT molecular complexity index is 291. The molecule has 0 aliphatic heterocycles. The molecule has 0 rings (SSSR count). The molecule has 0 bridgehead atoms. The molecule has 7 heteroatoms. The predicted octanol–water partition coefficient (Wildman–Crippen LogP) is 1.74.